The molecule has 3 aliphatic heterocycles. The van der Waals surface area contributed by atoms with Crippen molar-refractivity contribution < 1.29 is 0 Å². The smallest absolute Gasteiger partial charge is 0.336 e. The Morgan fingerprint density at radius 1 is 1.10 bits per heavy atom. The van der Waals surface area contributed by atoms with Crippen LogP contribution in [-0.4, -0.2) is 25.1 Å². The van der Waals surface area contributed by atoms with Crippen LogP contribution in [-0.2, 0) is 6.54 Å². The third kappa shape index (κ3) is 3.24. The van der Waals surface area contributed by atoms with Crippen molar-refractivity contribution in [3.8, 4) is 28.6 Å². The van der Waals surface area contributed by atoms with Crippen LogP contribution in [0.2, 0.25) is 0 Å². The van der Waals surface area contributed by atoms with Crippen LogP contribution >= 0.6 is 28.3 Å². The zero-order valence-electron chi connectivity index (χ0n) is 15.7. The molecule has 2 aromatic carbocycles. The topological polar surface area (TPSA) is 64.7 Å². The first-order valence-corrected chi connectivity index (χ1v) is 10.1. The number of hydrogen-bond donors (Lipinski definition) is 1. The predicted octanol–water partition coefficient (Wildman–Crippen LogP) is 4.59. The van der Waals surface area contributed by atoms with E-state index in [9.17, 15) is 4.79 Å². The molecule has 1 unspecified atom stereocenters. The van der Waals surface area contributed by atoms with Crippen LogP contribution in [0.3, 0.4) is 0 Å². The average molecular weight is 473 g/mol. The summed E-state index contributed by atoms with van der Waals surface area (Å²) in [5.41, 5.74) is 2.32. The number of anilines is 1. The summed E-state index contributed by atoms with van der Waals surface area (Å²) in [5.74, 6) is 1.95. The Morgan fingerprint density at radius 3 is 2.52 bits per heavy atom. The van der Waals surface area contributed by atoms with E-state index < -0.39 is 0 Å². The number of para-hydroxylation sites is 1. The minimum absolute atomic E-state index is 0. The summed E-state index contributed by atoms with van der Waals surface area (Å²) in [7, 11) is 0. The van der Waals surface area contributed by atoms with Crippen molar-refractivity contribution in [2.75, 3.05) is 5.32 Å². The van der Waals surface area contributed by atoms with Gasteiger partial charge < -0.3 is 5.32 Å². The molecule has 0 saturated carbocycles. The van der Waals surface area contributed by atoms with Crippen LogP contribution in [0.5, 0.6) is 0 Å². The monoisotopic (exact) mass is 471 g/mol. The van der Waals surface area contributed by atoms with E-state index in [1.807, 2.05) is 54.6 Å². The quantitative estimate of drug-likeness (QED) is 0.474. The van der Waals surface area contributed by atoms with Gasteiger partial charge in [-0.3, -0.25) is 4.57 Å². The Labute approximate surface area is 182 Å². The Bertz CT molecular complexity index is 1190. The molecule has 1 atom stereocenters. The van der Waals surface area contributed by atoms with Gasteiger partial charge in [0.15, 0.2) is 11.6 Å². The van der Waals surface area contributed by atoms with Gasteiger partial charge in [-0.05, 0) is 30.7 Å². The summed E-state index contributed by atoms with van der Waals surface area (Å²) in [5, 5.41) is 3.46. The number of benzene rings is 2. The van der Waals surface area contributed by atoms with Crippen molar-refractivity contribution in [1.82, 2.24) is 19.1 Å². The van der Waals surface area contributed by atoms with E-state index in [4.69, 9.17) is 9.97 Å². The summed E-state index contributed by atoms with van der Waals surface area (Å²) in [6, 6.07) is 17.7. The zero-order chi connectivity index (χ0) is 19.3. The lowest BCUT2D eigenvalue weighted by Crippen LogP contribution is -2.31. The van der Waals surface area contributed by atoms with Gasteiger partial charge in [0.05, 0.1) is 5.69 Å². The van der Waals surface area contributed by atoms with Crippen LogP contribution < -0.4 is 11.0 Å². The molecule has 0 radical (unpaired) electrons. The normalized spacial score (nSPS) is 15.0. The number of nitrogens with zero attached hydrogens (tertiary/aromatic N) is 4. The van der Waals surface area contributed by atoms with Crippen LogP contribution in [0.4, 0.5) is 5.82 Å². The van der Waals surface area contributed by atoms with Gasteiger partial charge in [-0.15, -0.1) is 12.4 Å². The summed E-state index contributed by atoms with van der Waals surface area (Å²) in [4.78, 5) is 22.9. The molecule has 8 heteroatoms. The number of imidazole rings is 1. The maximum atomic E-state index is 13.3. The summed E-state index contributed by atoms with van der Waals surface area (Å²) in [6.07, 6.45) is 0.932. The van der Waals surface area contributed by atoms with Crippen LogP contribution in [0.25, 0.3) is 28.6 Å². The van der Waals surface area contributed by atoms with Gasteiger partial charge >= 0.3 is 5.69 Å². The number of nitrogens with one attached hydrogen (secondary N) is 1. The molecule has 6 nitrogen and oxygen atoms in total. The van der Waals surface area contributed by atoms with Gasteiger partial charge in [0.1, 0.15) is 11.5 Å². The fourth-order valence-corrected chi connectivity index (χ4v) is 3.89. The van der Waals surface area contributed by atoms with Crippen molar-refractivity contribution in [2.45, 2.75) is 25.9 Å². The van der Waals surface area contributed by atoms with E-state index in [1.165, 1.54) is 0 Å². The van der Waals surface area contributed by atoms with Crippen LogP contribution in [0.1, 0.15) is 13.3 Å². The highest BCUT2D eigenvalue weighted by Crippen LogP contribution is 2.34. The first kappa shape index (κ1) is 19.7. The highest BCUT2D eigenvalue weighted by atomic mass is 79.9. The lowest BCUT2D eigenvalue weighted by atomic mass is 10.2. The second-order valence-corrected chi connectivity index (χ2v) is 7.80. The predicted molar refractivity (Wildman–Crippen MR) is 120 cm³/mol. The van der Waals surface area contributed by atoms with Gasteiger partial charge in [-0.1, -0.05) is 53.2 Å². The first-order valence-electron chi connectivity index (χ1n) is 9.27. The van der Waals surface area contributed by atoms with E-state index >= 15 is 0 Å². The van der Waals surface area contributed by atoms with Crippen LogP contribution in [0.15, 0.2) is 63.9 Å². The number of halogens is 2. The Kier molecular flexibility index (Phi) is 5.19. The molecule has 3 heterocycles. The van der Waals surface area contributed by atoms with Gasteiger partial charge in [-0.2, -0.15) is 0 Å². The molecule has 0 spiro atoms. The lowest BCUT2D eigenvalue weighted by Gasteiger charge is -2.14. The zero-order valence-corrected chi connectivity index (χ0v) is 18.1. The molecule has 0 fully saturated rings. The fourth-order valence-electron chi connectivity index (χ4n) is 3.63. The SMILES string of the molecule is CCC1Cn2c(c3nc(-c4ccc(Br)cc4)nc-3n(-c3ccccc3)c2=O)N1.Cl. The van der Waals surface area contributed by atoms with Crippen molar-refractivity contribution in [1.29, 1.82) is 0 Å². The van der Waals surface area contributed by atoms with Gasteiger partial charge in [0, 0.05) is 22.6 Å². The van der Waals surface area contributed by atoms with E-state index in [0.717, 1.165) is 33.7 Å². The molecule has 1 N–H and O–H groups in total. The molecule has 0 saturated heterocycles. The highest BCUT2D eigenvalue weighted by Gasteiger charge is 2.31. The lowest BCUT2D eigenvalue weighted by molar-refractivity contribution is 0.601. The van der Waals surface area contributed by atoms with E-state index in [1.54, 1.807) is 9.13 Å². The van der Waals surface area contributed by atoms with Gasteiger partial charge in [0.2, 0.25) is 0 Å². The summed E-state index contributed by atoms with van der Waals surface area (Å²) >= 11 is 3.46. The first-order chi connectivity index (χ1) is 13.7. The van der Waals surface area contributed by atoms with E-state index in [-0.39, 0.29) is 24.1 Å². The maximum absolute atomic E-state index is 13.3. The second kappa shape index (κ2) is 7.65. The number of aromatic nitrogens is 4. The standard InChI is InChI=1S/C21H18BrN5O.ClH/c1-2-15-12-26-19(23-15)17-20(27(21(26)28)16-6-4-3-5-7-16)25-18(24-17)13-8-10-14(22)11-9-13;/h3-11,15,23H,2,12H2,1H3;1H. The van der Waals surface area contributed by atoms with Gasteiger partial charge in [0.25, 0.3) is 0 Å². The minimum Gasteiger partial charge on any atom is -0.365 e. The van der Waals surface area contributed by atoms with Crippen LogP contribution in [0, 0.1) is 0 Å². The van der Waals surface area contributed by atoms with E-state index in [2.05, 4.69) is 28.2 Å². The minimum atomic E-state index is -0.0978. The molecule has 0 aliphatic carbocycles. The largest absolute Gasteiger partial charge is 0.365 e. The third-order valence-electron chi connectivity index (χ3n) is 5.12. The number of rotatable bonds is 3. The fraction of sp³-hybridized carbons (Fsp3) is 0.190. The number of fused-ring (bicyclic) bond motifs is 3. The van der Waals surface area contributed by atoms with Crippen molar-refractivity contribution in [3.63, 3.8) is 0 Å². The number of hydrogen-bond acceptors (Lipinski definition) is 4. The molecule has 29 heavy (non-hydrogen) atoms. The molecule has 0 bridgehead atoms. The molecule has 5 rings (SSSR count). The Morgan fingerprint density at radius 2 is 1.83 bits per heavy atom. The summed E-state index contributed by atoms with van der Waals surface area (Å²) < 4.78 is 4.44. The maximum Gasteiger partial charge on any atom is 0.336 e. The van der Waals surface area contributed by atoms with E-state index in [0.29, 0.717) is 18.2 Å². The third-order valence-corrected chi connectivity index (χ3v) is 5.65. The van der Waals surface area contributed by atoms with Crippen molar-refractivity contribution in [3.05, 3.63) is 69.6 Å². The van der Waals surface area contributed by atoms with Crippen molar-refractivity contribution in [2.24, 2.45) is 0 Å². The molecular weight excluding hydrogens is 454 g/mol. The molecule has 2 aromatic rings. The molecule has 148 valence electrons. The molecular formula is C21H19BrClN5O. The molecule has 0 amide bonds. The van der Waals surface area contributed by atoms with Gasteiger partial charge in [-0.25, -0.2) is 19.3 Å². The molecule has 3 aliphatic rings. The molecule has 0 aromatic heterocycles. The second-order valence-electron chi connectivity index (χ2n) is 6.89. The van der Waals surface area contributed by atoms with Crippen molar-refractivity contribution >= 4 is 34.2 Å². The summed E-state index contributed by atoms with van der Waals surface area (Å²) in [6.45, 7) is 2.74. The average Bonchev–Trinajstić information content (AvgIpc) is 3.34. The Hall–Kier alpha value is -2.64. The highest BCUT2D eigenvalue weighted by molar-refractivity contribution is 9.10. The Balaban J connectivity index is 0.00000205.